The smallest absolute Gasteiger partial charge is 0.338 e. The number of benzene rings is 3. The zero-order chi connectivity index (χ0) is 24.8. The SMILES string of the molecule is O=C(COC(=O)c1cccc(N2C(=O)[C@@H]3[C@@H]4C[C@@H]([C@@H]3C2=O)[C@@H](c2ccccc2)C4)c1)c1ccccc1. The van der Waals surface area contributed by atoms with Gasteiger partial charge in [0, 0.05) is 5.56 Å². The van der Waals surface area contributed by atoms with Crippen LogP contribution in [0.2, 0.25) is 0 Å². The van der Waals surface area contributed by atoms with Crippen molar-refractivity contribution in [2.45, 2.75) is 18.8 Å². The van der Waals surface area contributed by atoms with Crippen LogP contribution in [-0.4, -0.2) is 30.2 Å². The van der Waals surface area contributed by atoms with Crippen molar-refractivity contribution in [1.29, 1.82) is 0 Å². The molecule has 1 heterocycles. The van der Waals surface area contributed by atoms with Gasteiger partial charge in [-0.15, -0.1) is 0 Å². The quantitative estimate of drug-likeness (QED) is 0.292. The Kier molecular flexibility index (Phi) is 5.52. The number of imide groups is 1. The Morgan fingerprint density at radius 2 is 1.44 bits per heavy atom. The number of esters is 1. The summed E-state index contributed by atoms with van der Waals surface area (Å²) in [6, 6.07) is 25.2. The minimum atomic E-state index is -0.676. The van der Waals surface area contributed by atoms with Gasteiger partial charge in [0.25, 0.3) is 0 Å². The molecule has 2 aliphatic carbocycles. The maximum atomic E-state index is 13.6. The Labute approximate surface area is 208 Å². The van der Waals surface area contributed by atoms with Crippen LogP contribution >= 0.6 is 0 Å². The summed E-state index contributed by atoms with van der Waals surface area (Å²) < 4.78 is 5.22. The van der Waals surface area contributed by atoms with E-state index in [0.29, 0.717) is 11.3 Å². The molecule has 36 heavy (non-hydrogen) atoms. The van der Waals surface area contributed by atoms with Crippen molar-refractivity contribution in [3.63, 3.8) is 0 Å². The van der Waals surface area contributed by atoms with E-state index in [9.17, 15) is 19.2 Å². The third-order valence-electron chi connectivity index (χ3n) is 8.01. The molecule has 6 rings (SSSR count). The third-order valence-corrected chi connectivity index (χ3v) is 8.01. The number of Topliss-reactive ketones (excluding diaryl/α,β-unsaturated/α-hetero) is 1. The van der Waals surface area contributed by atoms with Crippen molar-refractivity contribution < 1.29 is 23.9 Å². The number of ketones is 1. The fraction of sp³-hybridized carbons (Fsp3) is 0.267. The Morgan fingerprint density at radius 3 is 2.19 bits per heavy atom. The van der Waals surface area contributed by atoms with Crippen LogP contribution in [0.3, 0.4) is 0 Å². The van der Waals surface area contributed by atoms with E-state index in [1.165, 1.54) is 16.5 Å². The molecule has 0 unspecified atom stereocenters. The van der Waals surface area contributed by atoms with Gasteiger partial charge < -0.3 is 4.74 Å². The fourth-order valence-electron chi connectivity index (χ4n) is 6.49. The molecule has 3 fully saturated rings. The highest BCUT2D eigenvalue weighted by atomic mass is 16.5. The molecular weight excluding hydrogens is 454 g/mol. The number of rotatable bonds is 6. The van der Waals surface area contributed by atoms with Gasteiger partial charge in [-0.05, 0) is 54.4 Å². The van der Waals surface area contributed by atoms with Gasteiger partial charge in [-0.2, -0.15) is 0 Å². The van der Waals surface area contributed by atoms with E-state index < -0.39 is 5.97 Å². The predicted molar refractivity (Wildman–Crippen MR) is 132 cm³/mol. The largest absolute Gasteiger partial charge is 0.454 e. The van der Waals surface area contributed by atoms with Crippen LogP contribution in [0.15, 0.2) is 84.9 Å². The van der Waals surface area contributed by atoms with E-state index in [2.05, 4.69) is 12.1 Å². The molecule has 6 heteroatoms. The van der Waals surface area contributed by atoms with Crippen LogP contribution in [0.5, 0.6) is 0 Å². The first-order chi connectivity index (χ1) is 17.5. The topological polar surface area (TPSA) is 80.8 Å². The van der Waals surface area contributed by atoms with Crippen LogP contribution < -0.4 is 4.90 Å². The zero-order valence-electron chi connectivity index (χ0n) is 19.6. The first-order valence-electron chi connectivity index (χ1n) is 12.3. The van der Waals surface area contributed by atoms with Crippen molar-refractivity contribution in [2.75, 3.05) is 11.5 Å². The standard InChI is InChI=1S/C30H25NO5/c32-25(19-10-5-2-6-11-19)17-36-30(35)20-12-7-13-22(14-20)31-28(33)26-21-15-23(18-8-3-1-4-9-18)24(16-21)27(26)29(31)34/h1-14,21,23-24,26-27H,15-17H2/t21-,23+,24+,26+,27-/m0/s1. The van der Waals surface area contributed by atoms with Crippen molar-refractivity contribution in [2.24, 2.45) is 23.7 Å². The van der Waals surface area contributed by atoms with Crippen molar-refractivity contribution in [3.8, 4) is 0 Å². The number of hydrogen-bond acceptors (Lipinski definition) is 5. The molecule has 2 bridgehead atoms. The molecule has 0 N–H and O–H groups in total. The number of carbonyl (C=O) groups is 4. The van der Waals surface area contributed by atoms with Gasteiger partial charge in [0.2, 0.25) is 11.8 Å². The average molecular weight is 480 g/mol. The maximum absolute atomic E-state index is 13.6. The molecule has 0 aromatic heterocycles. The molecule has 3 aliphatic rings. The van der Waals surface area contributed by atoms with Crippen molar-refractivity contribution >= 4 is 29.3 Å². The Hall–Kier alpha value is -4.06. The lowest BCUT2D eigenvalue weighted by Crippen LogP contribution is -2.33. The zero-order valence-corrected chi connectivity index (χ0v) is 19.6. The number of amides is 2. The predicted octanol–water partition coefficient (Wildman–Crippen LogP) is 4.66. The van der Waals surface area contributed by atoms with Gasteiger partial charge in [-0.25, -0.2) is 4.79 Å². The molecule has 0 spiro atoms. The number of nitrogens with zero attached hydrogens (tertiary/aromatic N) is 1. The summed E-state index contributed by atoms with van der Waals surface area (Å²) in [5.41, 5.74) is 2.26. The minimum absolute atomic E-state index is 0.154. The van der Waals surface area contributed by atoms with Crippen LogP contribution in [0.4, 0.5) is 5.69 Å². The summed E-state index contributed by atoms with van der Waals surface area (Å²) in [4.78, 5) is 53.2. The van der Waals surface area contributed by atoms with Gasteiger partial charge in [0.05, 0.1) is 23.1 Å². The van der Waals surface area contributed by atoms with E-state index in [1.807, 2.05) is 18.2 Å². The molecule has 3 aromatic carbocycles. The molecule has 3 aromatic rings. The van der Waals surface area contributed by atoms with Crippen LogP contribution in [-0.2, 0) is 14.3 Å². The summed E-state index contributed by atoms with van der Waals surface area (Å²) in [5.74, 6) is -1.30. The van der Waals surface area contributed by atoms with E-state index in [0.717, 1.165) is 12.8 Å². The summed E-state index contributed by atoms with van der Waals surface area (Å²) in [5, 5.41) is 0. The second-order valence-corrected chi connectivity index (χ2v) is 9.89. The Balaban J connectivity index is 1.19. The summed E-state index contributed by atoms with van der Waals surface area (Å²) in [6.45, 7) is -0.386. The van der Waals surface area contributed by atoms with E-state index in [4.69, 9.17) is 4.74 Å². The van der Waals surface area contributed by atoms with Crippen LogP contribution in [0, 0.1) is 23.7 Å². The number of anilines is 1. The first kappa shape index (κ1) is 22.4. The molecule has 0 radical (unpaired) electrons. The van der Waals surface area contributed by atoms with Crippen molar-refractivity contribution in [1.82, 2.24) is 0 Å². The highest BCUT2D eigenvalue weighted by Gasteiger charge is 2.64. The molecule has 2 amide bonds. The molecule has 1 saturated heterocycles. The summed E-state index contributed by atoms with van der Waals surface area (Å²) in [6.07, 6.45) is 1.83. The second kappa shape index (κ2) is 8.86. The normalized spacial score (nSPS) is 26.2. The van der Waals surface area contributed by atoms with Gasteiger partial charge in [0.1, 0.15) is 0 Å². The van der Waals surface area contributed by atoms with Crippen LogP contribution in [0.25, 0.3) is 0 Å². The van der Waals surface area contributed by atoms with Gasteiger partial charge in [-0.1, -0.05) is 66.7 Å². The Morgan fingerprint density at radius 1 is 0.778 bits per heavy atom. The highest BCUT2D eigenvalue weighted by molar-refractivity contribution is 6.23. The first-order valence-corrected chi connectivity index (χ1v) is 12.3. The lowest BCUT2D eigenvalue weighted by Gasteiger charge is -2.28. The molecular formula is C30H25NO5. The number of carbonyl (C=O) groups excluding carboxylic acids is 4. The fourth-order valence-corrected chi connectivity index (χ4v) is 6.49. The van der Waals surface area contributed by atoms with Gasteiger partial charge in [0.15, 0.2) is 12.4 Å². The molecule has 2 saturated carbocycles. The minimum Gasteiger partial charge on any atom is -0.454 e. The summed E-state index contributed by atoms with van der Waals surface area (Å²) >= 11 is 0. The average Bonchev–Trinajstić information content (AvgIpc) is 3.59. The highest BCUT2D eigenvalue weighted by Crippen LogP contribution is 2.61. The molecule has 180 valence electrons. The number of ether oxygens (including phenoxy) is 1. The lowest BCUT2D eigenvalue weighted by molar-refractivity contribution is -0.123. The summed E-state index contributed by atoms with van der Waals surface area (Å²) in [7, 11) is 0. The molecule has 5 atom stereocenters. The van der Waals surface area contributed by atoms with Gasteiger partial charge in [-0.3, -0.25) is 19.3 Å². The van der Waals surface area contributed by atoms with E-state index in [-0.39, 0.29) is 59.4 Å². The number of hydrogen-bond donors (Lipinski definition) is 0. The van der Waals surface area contributed by atoms with E-state index in [1.54, 1.807) is 48.5 Å². The van der Waals surface area contributed by atoms with Crippen LogP contribution in [0.1, 0.15) is 45.0 Å². The van der Waals surface area contributed by atoms with E-state index >= 15 is 0 Å². The molecule has 1 aliphatic heterocycles. The number of fused-ring (bicyclic) bond motifs is 5. The molecule has 6 nitrogen and oxygen atoms in total. The lowest BCUT2D eigenvalue weighted by atomic mass is 9.73. The monoisotopic (exact) mass is 479 g/mol. The van der Waals surface area contributed by atoms with Gasteiger partial charge >= 0.3 is 5.97 Å². The second-order valence-electron chi connectivity index (χ2n) is 9.89. The van der Waals surface area contributed by atoms with Crippen molar-refractivity contribution in [3.05, 3.63) is 102 Å². The third kappa shape index (κ3) is 3.65. The maximum Gasteiger partial charge on any atom is 0.338 e. The Bertz CT molecular complexity index is 1350.